The minimum atomic E-state index is -0.256. The molecule has 0 fully saturated rings. The van der Waals surface area contributed by atoms with E-state index in [0.29, 0.717) is 6.61 Å². The molecular formula is C17H17BrFNO. The maximum atomic E-state index is 13.1. The maximum absolute atomic E-state index is 13.1. The van der Waals surface area contributed by atoms with Crippen molar-refractivity contribution in [2.24, 2.45) is 5.73 Å². The van der Waals surface area contributed by atoms with E-state index in [2.05, 4.69) is 28.1 Å². The van der Waals surface area contributed by atoms with Gasteiger partial charge in [-0.1, -0.05) is 28.1 Å². The first-order chi connectivity index (χ1) is 10.1. The van der Waals surface area contributed by atoms with Crippen LogP contribution < -0.4 is 10.5 Å². The summed E-state index contributed by atoms with van der Waals surface area (Å²) < 4.78 is 19.6. The molecule has 2 aromatic carbocycles. The number of hydrogen-bond acceptors (Lipinski definition) is 2. The maximum Gasteiger partial charge on any atom is 0.124 e. The molecular weight excluding hydrogens is 333 g/mol. The number of ether oxygens (including phenoxy) is 1. The fourth-order valence-corrected chi connectivity index (χ4v) is 3.18. The topological polar surface area (TPSA) is 35.2 Å². The number of halogens is 2. The molecule has 1 unspecified atom stereocenters. The third-order valence-corrected chi connectivity index (χ3v) is 4.62. The molecule has 4 heteroatoms. The van der Waals surface area contributed by atoms with E-state index in [0.717, 1.165) is 35.0 Å². The molecule has 1 atom stereocenters. The summed E-state index contributed by atoms with van der Waals surface area (Å²) in [4.78, 5) is 0. The van der Waals surface area contributed by atoms with Crippen LogP contribution in [-0.4, -0.2) is 0 Å². The normalized spacial score (nSPS) is 17.4. The van der Waals surface area contributed by atoms with Gasteiger partial charge in [0, 0.05) is 16.1 Å². The fourth-order valence-electron chi connectivity index (χ4n) is 2.72. The van der Waals surface area contributed by atoms with Crippen LogP contribution in [0.25, 0.3) is 0 Å². The largest absolute Gasteiger partial charge is 0.489 e. The highest BCUT2D eigenvalue weighted by molar-refractivity contribution is 9.10. The van der Waals surface area contributed by atoms with Crippen molar-refractivity contribution in [3.05, 3.63) is 63.4 Å². The number of hydrogen-bond donors (Lipinski definition) is 1. The highest BCUT2D eigenvalue weighted by atomic mass is 79.9. The predicted molar refractivity (Wildman–Crippen MR) is 84.7 cm³/mol. The van der Waals surface area contributed by atoms with Crippen molar-refractivity contribution in [3.63, 3.8) is 0 Å². The molecule has 0 radical (unpaired) electrons. The van der Waals surface area contributed by atoms with Gasteiger partial charge in [0.2, 0.25) is 0 Å². The van der Waals surface area contributed by atoms with Crippen LogP contribution in [0.1, 0.15) is 35.6 Å². The summed E-state index contributed by atoms with van der Waals surface area (Å²) in [5.74, 6) is 0.576. The lowest BCUT2D eigenvalue weighted by atomic mass is 9.88. The van der Waals surface area contributed by atoms with Crippen molar-refractivity contribution in [3.8, 4) is 5.75 Å². The molecule has 0 aromatic heterocycles. The lowest BCUT2D eigenvalue weighted by molar-refractivity contribution is 0.304. The molecule has 1 aliphatic carbocycles. The minimum absolute atomic E-state index is 0.147. The number of nitrogens with two attached hydrogens (primary N) is 1. The van der Waals surface area contributed by atoms with Crippen molar-refractivity contribution < 1.29 is 9.13 Å². The van der Waals surface area contributed by atoms with Crippen molar-refractivity contribution >= 4 is 15.9 Å². The molecule has 0 saturated heterocycles. The van der Waals surface area contributed by atoms with E-state index >= 15 is 0 Å². The first-order valence-electron chi connectivity index (χ1n) is 7.08. The van der Waals surface area contributed by atoms with Crippen LogP contribution in [0.2, 0.25) is 0 Å². The molecule has 110 valence electrons. The van der Waals surface area contributed by atoms with Gasteiger partial charge in [-0.2, -0.15) is 0 Å². The molecule has 0 heterocycles. The quantitative estimate of drug-likeness (QED) is 0.884. The minimum Gasteiger partial charge on any atom is -0.489 e. The van der Waals surface area contributed by atoms with Crippen LogP contribution in [-0.2, 0) is 13.0 Å². The van der Waals surface area contributed by atoms with Crippen LogP contribution in [0, 0.1) is 5.82 Å². The molecule has 0 bridgehead atoms. The van der Waals surface area contributed by atoms with Crippen LogP contribution in [0.4, 0.5) is 4.39 Å². The van der Waals surface area contributed by atoms with E-state index in [9.17, 15) is 4.39 Å². The van der Waals surface area contributed by atoms with Gasteiger partial charge >= 0.3 is 0 Å². The average Bonchev–Trinajstić information content (AvgIpc) is 2.46. The number of fused-ring (bicyclic) bond motifs is 1. The Morgan fingerprint density at radius 1 is 1.24 bits per heavy atom. The van der Waals surface area contributed by atoms with Crippen LogP contribution in [0.3, 0.4) is 0 Å². The molecule has 21 heavy (non-hydrogen) atoms. The Morgan fingerprint density at radius 3 is 2.90 bits per heavy atom. The molecule has 2 N–H and O–H groups in total. The van der Waals surface area contributed by atoms with Crippen LogP contribution in [0.5, 0.6) is 5.75 Å². The number of benzene rings is 2. The van der Waals surface area contributed by atoms with Gasteiger partial charge in [-0.25, -0.2) is 4.39 Å². The van der Waals surface area contributed by atoms with Gasteiger partial charge in [0.15, 0.2) is 0 Å². The van der Waals surface area contributed by atoms with Gasteiger partial charge in [0.1, 0.15) is 18.2 Å². The third kappa shape index (κ3) is 3.27. The molecule has 0 saturated carbocycles. The molecule has 3 rings (SSSR count). The zero-order valence-electron chi connectivity index (χ0n) is 11.6. The lowest BCUT2D eigenvalue weighted by Crippen LogP contribution is -2.17. The third-order valence-electron chi connectivity index (χ3n) is 3.88. The van der Waals surface area contributed by atoms with E-state index in [4.69, 9.17) is 10.5 Å². The highest BCUT2D eigenvalue weighted by Crippen LogP contribution is 2.31. The Balaban J connectivity index is 1.73. The van der Waals surface area contributed by atoms with Crippen LogP contribution >= 0.6 is 15.9 Å². The average molecular weight is 350 g/mol. The van der Waals surface area contributed by atoms with Crippen molar-refractivity contribution in [1.29, 1.82) is 0 Å². The van der Waals surface area contributed by atoms with Crippen molar-refractivity contribution in [2.75, 3.05) is 0 Å². The Labute approximate surface area is 132 Å². The monoisotopic (exact) mass is 349 g/mol. The van der Waals surface area contributed by atoms with Crippen molar-refractivity contribution in [2.45, 2.75) is 31.9 Å². The molecule has 2 nitrogen and oxygen atoms in total. The van der Waals surface area contributed by atoms with E-state index in [-0.39, 0.29) is 11.9 Å². The van der Waals surface area contributed by atoms with Gasteiger partial charge in [0.05, 0.1) is 0 Å². The summed E-state index contributed by atoms with van der Waals surface area (Å²) in [5.41, 5.74) is 9.55. The Kier molecular flexibility index (Phi) is 4.27. The van der Waals surface area contributed by atoms with Gasteiger partial charge in [-0.15, -0.1) is 0 Å². The SMILES string of the molecule is NC1CCCc2cc(OCc3ccc(F)cc3Br)ccc21. The first-order valence-corrected chi connectivity index (χ1v) is 7.88. The van der Waals surface area contributed by atoms with Gasteiger partial charge in [-0.05, 0) is 54.7 Å². The van der Waals surface area contributed by atoms with E-state index in [1.165, 1.54) is 23.3 Å². The zero-order valence-corrected chi connectivity index (χ0v) is 13.2. The molecule has 2 aromatic rings. The number of aryl methyl sites for hydroxylation is 1. The van der Waals surface area contributed by atoms with Crippen molar-refractivity contribution in [1.82, 2.24) is 0 Å². The summed E-state index contributed by atoms with van der Waals surface area (Å²) in [6.07, 6.45) is 3.23. The zero-order chi connectivity index (χ0) is 14.8. The smallest absolute Gasteiger partial charge is 0.124 e. The van der Waals surface area contributed by atoms with E-state index < -0.39 is 0 Å². The van der Waals surface area contributed by atoms with E-state index in [1.54, 1.807) is 6.07 Å². The van der Waals surface area contributed by atoms with Crippen LogP contribution in [0.15, 0.2) is 40.9 Å². The summed E-state index contributed by atoms with van der Waals surface area (Å²) in [6.45, 7) is 0.408. The standard InChI is InChI=1S/C17H17BrFNO/c18-16-9-13(19)5-4-12(16)10-21-14-6-7-15-11(8-14)2-1-3-17(15)20/h4-9,17H,1-3,10,20H2. The van der Waals surface area contributed by atoms with Gasteiger partial charge in [0.25, 0.3) is 0 Å². The van der Waals surface area contributed by atoms with E-state index in [1.807, 2.05) is 6.07 Å². The summed E-state index contributed by atoms with van der Waals surface area (Å²) in [6, 6.07) is 10.9. The fraction of sp³-hybridized carbons (Fsp3) is 0.294. The summed E-state index contributed by atoms with van der Waals surface area (Å²) in [5, 5.41) is 0. The molecule has 0 spiro atoms. The second-order valence-electron chi connectivity index (χ2n) is 5.38. The second kappa shape index (κ2) is 6.16. The van der Waals surface area contributed by atoms with Gasteiger partial charge < -0.3 is 10.5 Å². The van der Waals surface area contributed by atoms with Gasteiger partial charge in [-0.3, -0.25) is 0 Å². The second-order valence-corrected chi connectivity index (χ2v) is 6.24. The molecule has 0 aliphatic heterocycles. The summed E-state index contributed by atoms with van der Waals surface area (Å²) in [7, 11) is 0. The predicted octanol–water partition coefficient (Wildman–Crippen LogP) is 4.50. The number of rotatable bonds is 3. The Hall–Kier alpha value is -1.39. The lowest BCUT2D eigenvalue weighted by Gasteiger charge is -2.22. The Morgan fingerprint density at radius 2 is 2.10 bits per heavy atom. The first kappa shape index (κ1) is 14.5. The highest BCUT2D eigenvalue weighted by Gasteiger charge is 2.17. The molecule has 1 aliphatic rings. The Bertz CT molecular complexity index is 659. The molecule has 0 amide bonds. The summed E-state index contributed by atoms with van der Waals surface area (Å²) >= 11 is 3.35.